The Labute approximate surface area is 114 Å². The molecule has 0 radical (unpaired) electrons. The van der Waals surface area contributed by atoms with E-state index in [0.29, 0.717) is 19.1 Å². The monoisotopic (exact) mass is 265 g/mol. The third-order valence-electron chi connectivity index (χ3n) is 3.71. The van der Waals surface area contributed by atoms with Crippen molar-refractivity contribution < 1.29 is 9.53 Å². The number of ether oxygens (including phenoxy) is 1. The SMILES string of the molecule is CC(CNC(=O)OCC1CCCCC1)c1ncc[nH]1. The number of imidazole rings is 1. The van der Waals surface area contributed by atoms with Crippen molar-refractivity contribution in [1.29, 1.82) is 0 Å². The fraction of sp³-hybridized carbons (Fsp3) is 0.714. The van der Waals surface area contributed by atoms with Crippen LogP contribution in [0.1, 0.15) is 50.8 Å². The Morgan fingerprint density at radius 1 is 1.53 bits per heavy atom. The van der Waals surface area contributed by atoms with Crippen molar-refractivity contribution in [1.82, 2.24) is 15.3 Å². The lowest BCUT2D eigenvalue weighted by atomic mass is 9.90. The summed E-state index contributed by atoms with van der Waals surface area (Å²) in [6, 6.07) is 0. The summed E-state index contributed by atoms with van der Waals surface area (Å²) < 4.78 is 5.27. The lowest BCUT2D eigenvalue weighted by molar-refractivity contribution is 0.115. The van der Waals surface area contributed by atoms with E-state index >= 15 is 0 Å². The highest BCUT2D eigenvalue weighted by Gasteiger charge is 2.16. The summed E-state index contributed by atoms with van der Waals surface area (Å²) in [7, 11) is 0. The second kappa shape index (κ2) is 7.16. The van der Waals surface area contributed by atoms with Crippen LogP contribution in [0.15, 0.2) is 12.4 Å². The molecular formula is C14H23N3O2. The summed E-state index contributed by atoms with van der Waals surface area (Å²) in [5.74, 6) is 1.60. The van der Waals surface area contributed by atoms with E-state index in [4.69, 9.17) is 4.74 Å². The molecule has 1 aliphatic rings. The van der Waals surface area contributed by atoms with E-state index in [2.05, 4.69) is 15.3 Å². The average Bonchev–Trinajstić information content (AvgIpc) is 2.98. The summed E-state index contributed by atoms with van der Waals surface area (Å²) >= 11 is 0. The van der Waals surface area contributed by atoms with Crippen LogP contribution < -0.4 is 5.32 Å². The number of hydrogen-bond acceptors (Lipinski definition) is 3. The van der Waals surface area contributed by atoms with Crippen molar-refractivity contribution in [3.63, 3.8) is 0 Å². The van der Waals surface area contributed by atoms with Crippen LogP contribution in [0.2, 0.25) is 0 Å². The first kappa shape index (κ1) is 13.9. The van der Waals surface area contributed by atoms with Crippen LogP contribution in [0.25, 0.3) is 0 Å². The summed E-state index contributed by atoms with van der Waals surface area (Å²) in [6.07, 6.45) is 9.43. The molecule has 19 heavy (non-hydrogen) atoms. The minimum atomic E-state index is -0.316. The maximum Gasteiger partial charge on any atom is 0.407 e. The number of nitrogens with zero attached hydrogens (tertiary/aromatic N) is 1. The Hall–Kier alpha value is -1.52. The number of rotatable bonds is 5. The molecule has 2 N–H and O–H groups in total. The van der Waals surface area contributed by atoms with Crippen LogP contribution in [-0.2, 0) is 4.74 Å². The third kappa shape index (κ3) is 4.58. The minimum absolute atomic E-state index is 0.164. The maximum absolute atomic E-state index is 11.6. The number of hydrogen-bond donors (Lipinski definition) is 2. The molecule has 1 saturated carbocycles. The molecule has 1 aromatic rings. The van der Waals surface area contributed by atoms with E-state index < -0.39 is 0 Å². The zero-order valence-electron chi connectivity index (χ0n) is 11.5. The number of carbonyl (C=O) groups excluding carboxylic acids is 1. The number of aromatic amines is 1. The Balaban J connectivity index is 1.61. The molecule has 0 aromatic carbocycles. The van der Waals surface area contributed by atoms with Gasteiger partial charge in [-0.15, -0.1) is 0 Å². The molecule has 1 atom stereocenters. The largest absolute Gasteiger partial charge is 0.449 e. The van der Waals surface area contributed by atoms with Gasteiger partial charge in [0.1, 0.15) is 5.82 Å². The van der Waals surface area contributed by atoms with E-state index in [1.807, 2.05) is 6.92 Å². The fourth-order valence-corrected chi connectivity index (χ4v) is 2.48. The summed E-state index contributed by atoms with van der Waals surface area (Å²) in [5.41, 5.74) is 0. The molecule has 1 aliphatic carbocycles. The fourth-order valence-electron chi connectivity index (χ4n) is 2.48. The molecule has 1 unspecified atom stereocenters. The number of H-pyrrole nitrogens is 1. The number of nitrogens with one attached hydrogen (secondary N) is 2. The van der Waals surface area contributed by atoms with Gasteiger partial charge in [0.25, 0.3) is 0 Å². The second-order valence-electron chi connectivity index (χ2n) is 5.36. The topological polar surface area (TPSA) is 67.0 Å². The van der Waals surface area contributed by atoms with Crippen LogP contribution in [0.5, 0.6) is 0 Å². The third-order valence-corrected chi connectivity index (χ3v) is 3.71. The molecule has 1 aromatic heterocycles. The van der Waals surface area contributed by atoms with Crippen LogP contribution >= 0.6 is 0 Å². The zero-order chi connectivity index (χ0) is 13.5. The molecule has 1 fully saturated rings. The van der Waals surface area contributed by atoms with Crippen LogP contribution in [-0.4, -0.2) is 29.2 Å². The van der Waals surface area contributed by atoms with Crippen LogP contribution in [0.3, 0.4) is 0 Å². The smallest absolute Gasteiger partial charge is 0.407 e. The number of aromatic nitrogens is 2. The lowest BCUT2D eigenvalue weighted by Crippen LogP contribution is -2.30. The van der Waals surface area contributed by atoms with Crippen molar-refractivity contribution in [2.24, 2.45) is 5.92 Å². The van der Waals surface area contributed by atoms with Crippen molar-refractivity contribution >= 4 is 6.09 Å². The lowest BCUT2D eigenvalue weighted by Gasteiger charge is -2.21. The van der Waals surface area contributed by atoms with Gasteiger partial charge in [-0.3, -0.25) is 0 Å². The van der Waals surface area contributed by atoms with Gasteiger partial charge in [0.15, 0.2) is 0 Å². The molecule has 0 aliphatic heterocycles. The van der Waals surface area contributed by atoms with E-state index in [0.717, 1.165) is 5.82 Å². The second-order valence-corrected chi connectivity index (χ2v) is 5.36. The van der Waals surface area contributed by atoms with E-state index in [-0.39, 0.29) is 12.0 Å². The van der Waals surface area contributed by atoms with E-state index in [1.54, 1.807) is 12.4 Å². The van der Waals surface area contributed by atoms with Gasteiger partial charge < -0.3 is 15.0 Å². The quantitative estimate of drug-likeness (QED) is 0.860. The van der Waals surface area contributed by atoms with Crippen molar-refractivity contribution in [2.45, 2.75) is 44.9 Å². The van der Waals surface area contributed by atoms with Gasteiger partial charge in [0.2, 0.25) is 0 Å². The van der Waals surface area contributed by atoms with Gasteiger partial charge in [-0.2, -0.15) is 0 Å². The molecule has 0 saturated heterocycles. The Morgan fingerprint density at radius 2 is 2.32 bits per heavy atom. The van der Waals surface area contributed by atoms with Crippen LogP contribution in [0, 0.1) is 5.92 Å². The molecule has 0 spiro atoms. The highest BCUT2D eigenvalue weighted by Crippen LogP contribution is 2.23. The molecule has 1 heterocycles. The molecule has 106 valence electrons. The summed E-state index contributed by atoms with van der Waals surface area (Å²) in [4.78, 5) is 18.8. The molecule has 5 nitrogen and oxygen atoms in total. The standard InChI is InChI=1S/C14H23N3O2/c1-11(13-15-7-8-16-13)9-17-14(18)19-10-12-5-3-2-4-6-12/h7-8,11-12H,2-6,9-10H2,1H3,(H,15,16)(H,17,18). The minimum Gasteiger partial charge on any atom is -0.449 e. The number of alkyl carbamates (subject to hydrolysis) is 1. The predicted octanol–water partition coefficient (Wildman–Crippen LogP) is 2.82. The molecule has 2 rings (SSSR count). The van der Waals surface area contributed by atoms with Gasteiger partial charge in [-0.25, -0.2) is 9.78 Å². The van der Waals surface area contributed by atoms with Gasteiger partial charge in [0, 0.05) is 24.9 Å². The van der Waals surface area contributed by atoms with Crippen LogP contribution in [0.4, 0.5) is 4.79 Å². The van der Waals surface area contributed by atoms with Gasteiger partial charge in [-0.1, -0.05) is 26.2 Å². The zero-order valence-corrected chi connectivity index (χ0v) is 11.5. The molecular weight excluding hydrogens is 242 g/mol. The van der Waals surface area contributed by atoms with E-state index in [9.17, 15) is 4.79 Å². The summed E-state index contributed by atoms with van der Waals surface area (Å²) in [5, 5.41) is 2.79. The number of amides is 1. The Kier molecular flexibility index (Phi) is 5.24. The molecule has 0 bridgehead atoms. The number of carbonyl (C=O) groups is 1. The van der Waals surface area contributed by atoms with Gasteiger partial charge in [0.05, 0.1) is 6.61 Å². The van der Waals surface area contributed by atoms with Gasteiger partial charge in [-0.05, 0) is 18.8 Å². The first-order valence-corrected chi connectivity index (χ1v) is 7.15. The van der Waals surface area contributed by atoms with E-state index in [1.165, 1.54) is 32.1 Å². The highest BCUT2D eigenvalue weighted by molar-refractivity contribution is 5.67. The maximum atomic E-state index is 11.6. The Bertz CT molecular complexity index is 372. The first-order valence-electron chi connectivity index (χ1n) is 7.15. The summed E-state index contributed by atoms with van der Waals surface area (Å²) in [6.45, 7) is 3.11. The Morgan fingerprint density at radius 3 is 3.00 bits per heavy atom. The van der Waals surface area contributed by atoms with Crippen molar-refractivity contribution in [3.8, 4) is 0 Å². The normalized spacial score (nSPS) is 17.9. The van der Waals surface area contributed by atoms with Crippen molar-refractivity contribution in [2.75, 3.05) is 13.2 Å². The first-order chi connectivity index (χ1) is 9.25. The molecule has 1 amide bonds. The predicted molar refractivity (Wildman–Crippen MR) is 72.9 cm³/mol. The van der Waals surface area contributed by atoms with Crippen molar-refractivity contribution in [3.05, 3.63) is 18.2 Å². The highest BCUT2D eigenvalue weighted by atomic mass is 16.5. The average molecular weight is 265 g/mol. The van der Waals surface area contributed by atoms with Gasteiger partial charge >= 0.3 is 6.09 Å². The molecule has 5 heteroatoms.